The monoisotopic (exact) mass is 202 g/mol. The summed E-state index contributed by atoms with van der Waals surface area (Å²) in [6.45, 7) is 4.58. The molecule has 1 fully saturated rings. The first-order valence-electron chi connectivity index (χ1n) is 4.36. The third kappa shape index (κ3) is 3.36. The Hall–Kier alpha value is -0.540. The van der Waals surface area contributed by atoms with E-state index in [1.54, 1.807) is 6.08 Å². The van der Waals surface area contributed by atoms with Gasteiger partial charge in [0.15, 0.2) is 0 Å². The van der Waals surface area contributed by atoms with Gasteiger partial charge in [0.2, 0.25) is 0 Å². The van der Waals surface area contributed by atoms with E-state index in [-0.39, 0.29) is 0 Å². The normalized spacial score (nSPS) is 27.6. The molecule has 1 aliphatic heterocycles. The fourth-order valence-corrected chi connectivity index (χ4v) is 1.46. The Labute approximate surface area is 84.0 Å². The minimum atomic E-state index is 0.448. The molecule has 0 spiro atoms. The smallest absolute Gasteiger partial charge is 0.136 e. The van der Waals surface area contributed by atoms with E-state index in [2.05, 4.69) is 24.0 Å². The molecule has 3 nitrogen and oxygen atoms in total. The number of nitrogens with zero attached hydrogens (tertiary/aromatic N) is 2. The summed E-state index contributed by atoms with van der Waals surface area (Å²) in [6, 6.07) is 0. The molecule has 74 valence electrons. The minimum Gasteiger partial charge on any atom is -0.392 e. The Morgan fingerprint density at radius 1 is 1.77 bits per heavy atom. The molecule has 0 bridgehead atoms. The highest BCUT2D eigenvalue weighted by Gasteiger charge is 2.22. The second-order valence-electron chi connectivity index (χ2n) is 3.34. The van der Waals surface area contributed by atoms with Crippen LogP contribution in [0.2, 0.25) is 0 Å². The summed E-state index contributed by atoms with van der Waals surface area (Å²) in [4.78, 5) is 7.29. The molecule has 1 unspecified atom stereocenters. The second kappa shape index (κ2) is 5.25. The Bertz CT molecular complexity index is 216. The maximum Gasteiger partial charge on any atom is 0.136 e. The van der Waals surface area contributed by atoms with Crippen molar-refractivity contribution < 1.29 is 4.84 Å². The van der Waals surface area contributed by atoms with E-state index in [9.17, 15) is 0 Å². The van der Waals surface area contributed by atoms with E-state index in [1.165, 1.54) is 5.54 Å². The molecule has 0 N–H and O–H groups in total. The first-order valence-corrected chi connectivity index (χ1v) is 4.80. The second-order valence-corrected chi connectivity index (χ2v) is 3.59. The van der Waals surface area contributed by atoms with Crippen LogP contribution in [0.4, 0.5) is 0 Å². The highest BCUT2D eigenvalue weighted by atomic mass is 35.5. The zero-order chi connectivity index (χ0) is 9.68. The van der Waals surface area contributed by atoms with Crippen LogP contribution >= 0.6 is 11.6 Å². The lowest BCUT2D eigenvalue weighted by Crippen LogP contribution is -2.13. The molecule has 0 aliphatic carbocycles. The third-order valence-electron chi connectivity index (χ3n) is 2.03. The van der Waals surface area contributed by atoms with E-state index < -0.39 is 0 Å². The molecule has 1 heterocycles. The highest BCUT2D eigenvalue weighted by molar-refractivity contribution is 6.25. The van der Waals surface area contributed by atoms with Crippen LogP contribution in [-0.2, 0) is 4.84 Å². The van der Waals surface area contributed by atoms with Crippen molar-refractivity contribution in [2.75, 3.05) is 26.7 Å². The summed E-state index contributed by atoms with van der Waals surface area (Å²) < 4.78 is 0. The van der Waals surface area contributed by atoms with Gasteiger partial charge in [0.25, 0.3) is 0 Å². The lowest BCUT2D eigenvalue weighted by molar-refractivity contribution is 0.173. The quantitative estimate of drug-likeness (QED) is 0.514. The molecule has 0 aromatic rings. The topological polar surface area (TPSA) is 24.8 Å². The van der Waals surface area contributed by atoms with E-state index >= 15 is 0 Å². The van der Waals surface area contributed by atoms with Crippen LogP contribution in [0.1, 0.15) is 6.92 Å². The number of rotatable bonds is 3. The van der Waals surface area contributed by atoms with Crippen LogP contribution < -0.4 is 0 Å². The van der Waals surface area contributed by atoms with Crippen molar-refractivity contribution in [1.82, 2.24) is 4.90 Å². The molecule has 1 aliphatic rings. The first-order chi connectivity index (χ1) is 6.24. The number of halogens is 1. The van der Waals surface area contributed by atoms with Crippen LogP contribution in [-0.4, -0.2) is 37.4 Å². The first kappa shape index (κ1) is 10.5. The predicted octanol–water partition coefficient (Wildman–Crippen LogP) is 1.69. The Morgan fingerprint density at radius 3 is 3.08 bits per heavy atom. The van der Waals surface area contributed by atoms with Crippen molar-refractivity contribution in [1.29, 1.82) is 0 Å². The van der Waals surface area contributed by atoms with Gasteiger partial charge in [-0.15, -0.1) is 0 Å². The summed E-state index contributed by atoms with van der Waals surface area (Å²) in [5.41, 5.74) is 2.55. The summed E-state index contributed by atoms with van der Waals surface area (Å²) in [5.74, 6) is 0.505. The van der Waals surface area contributed by atoms with Gasteiger partial charge >= 0.3 is 0 Å². The van der Waals surface area contributed by atoms with Gasteiger partial charge in [-0.3, -0.25) is 0 Å². The molecule has 1 atom stereocenters. The van der Waals surface area contributed by atoms with Crippen LogP contribution in [0.3, 0.4) is 0 Å². The Balaban J connectivity index is 2.33. The van der Waals surface area contributed by atoms with Crippen molar-refractivity contribution in [3.05, 3.63) is 11.6 Å². The zero-order valence-corrected chi connectivity index (χ0v) is 8.79. The molecule has 0 aromatic heterocycles. The van der Waals surface area contributed by atoms with E-state index in [1.807, 2.05) is 0 Å². The van der Waals surface area contributed by atoms with Gasteiger partial charge in [0, 0.05) is 24.5 Å². The number of oxime groups is 1. The molecule has 0 saturated carbocycles. The average Bonchev–Trinajstić information content (AvgIpc) is 2.39. The van der Waals surface area contributed by atoms with Gasteiger partial charge in [0.05, 0.1) is 5.71 Å². The van der Waals surface area contributed by atoms with Crippen molar-refractivity contribution in [3.8, 4) is 0 Å². The summed E-state index contributed by atoms with van der Waals surface area (Å²) >= 11 is 5.33. The summed E-state index contributed by atoms with van der Waals surface area (Å²) in [6.07, 6.45) is 1.72. The van der Waals surface area contributed by atoms with Crippen molar-refractivity contribution in [2.45, 2.75) is 6.92 Å². The molecule has 0 amide bonds. The highest BCUT2D eigenvalue weighted by Crippen LogP contribution is 2.11. The van der Waals surface area contributed by atoms with Crippen molar-refractivity contribution in [2.24, 2.45) is 11.1 Å². The van der Waals surface area contributed by atoms with E-state index in [4.69, 9.17) is 16.4 Å². The van der Waals surface area contributed by atoms with Gasteiger partial charge < -0.3 is 9.74 Å². The molecule has 13 heavy (non-hydrogen) atoms. The maximum atomic E-state index is 5.33. The third-order valence-corrected chi connectivity index (χ3v) is 2.21. The van der Waals surface area contributed by atoms with Crippen LogP contribution in [0.25, 0.3) is 0 Å². The van der Waals surface area contributed by atoms with Gasteiger partial charge in [-0.25, -0.2) is 0 Å². The Morgan fingerprint density at radius 2 is 2.54 bits per heavy atom. The van der Waals surface area contributed by atoms with E-state index in [0.29, 0.717) is 12.5 Å². The molecule has 0 radical (unpaired) electrons. The minimum absolute atomic E-state index is 0.448. The fraction of sp³-hybridized carbons (Fsp3) is 0.667. The molecule has 1 rings (SSSR count). The molecule has 0 aromatic carbocycles. The molecular weight excluding hydrogens is 188 g/mol. The number of hydrogen-bond acceptors (Lipinski definition) is 3. The Kier molecular flexibility index (Phi) is 4.25. The van der Waals surface area contributed by atoms with Crippen LogP contribution in [0.15, 0.2) is 16.8 Å². The van der Waals surface area contributed by atoms with Crippen LogP contribution in [0, 0.1) is 5.92 Å². The lowest BCUT2D eigenvalue weighted by atomic mass is 10.1. The summed E-state index contributed by atoms with van der Waals surface area (Å²) in [5, 5.41) is 4.06. The van der Waals surface area contributed by atoms with Crippen LogP contribution in [0.5, 0.6) is 0 Å². The molecular formula is C9H15ClN2O. The van der Waals surface area contributed by atoms with Crippen molar-refractivity contribution >= 4 is 17.3 Å². The fourth-order valence-electron chi connectivity index (χ4n) is 1.39. The maximum absolute atomic E-state index is 5.33. The van der Waals surface area contributed by atoms with Crippen molar-refractivity contribution in [3.63, 3.8) is 0 Å². The zero-order valence-electron chi connectivity index (χ0n) is 8.03. The van der Waals surface area contributed by atoms with E-state index in [0.717, 1.165) is 18.8 Å². The number of hydrogen-bond donors (Lipinski definition) is 0. The number of likely N-dealkylation sites (tertiary alicyclic amines) is 1. The van der Waals surface area contributed by atoms with Gasteiger partial charge in [-0.1, -0.05) is 23.7 Å². The SMILES string of the molecule is CC1CN(C)C/C1=N\OC/C=C/Cl. The summed E-state index contributed by atoms with van der Waals surface area (Å²) in [7, 11) is 2.08. The molecule has 4 heteroatoms. The molecule has 1 saturated heterocycles. The largest absolute Gasteiger partial charge is 0.392 e. The standard InChI is InChI=1S/C9H15ClN2O/c1-8-6-12(2)7-9(8)11-13-5-3-4-10/h3-4,8H,5-7H2,1-2H3/b4-3+,11-9+. The van der Waals surface area contributed by atoms with Gasteiger partial charge in [-0.05, 0) is 13.1 Å². The van der Waals surface area contributed by atoms with Gasteiger partial charge in [-0.2, -0.15) is 0 Å². The lowest BCUT2D eigenvalue weighted by Gasteiger charge is -2.02. The average molecular weight is 203 g/mol. The predicted molar refractivity (Wildman–Crippen MR) is 55.0 cm³/mol. The van der Waals surface area contributed by atoms with Gasteiger partial charge in [0.1, 0.15) is 6.61 Å².